The molecule has 1 N–H and O–H groups in total. The third-order valence-corrected chi connectivity index (χ3v) is 5.51. The number of aliphatic imine (C=N–C) groups is 1. The molecule has 4 rings (SSSR count). The Bertz CT molecular complexity index is 1020. The number of pyridine rings is 1. The summed E-state index contributed by atoms with van der Waals surface area (Å²) in [6, 6.07) is 12.6. The molecule has 1 aliphatic heterocycles. The van der Waals surface area contributed by atoms with E-state index in [0.717, 1.165) is 43.4 Å². The molecule has 3 aromatic rings. The van der Waals surface area contributed by atoms with Gasteiger partial charge in [-0.3, -0.25) is 4.99 Å². The predicted molar refractivity (Wildman–Crippen MR) is 132 cm³/mol. The first-order chi connectivity index (χ1) is 14.2. The molecule has 1 fully saturated rings. The number of aromatic nitrogens is 2. The molecule has 0 bridgehead atoms. The molecular weight excluding hydrogens is 489 g/mol. The molecule has 1 aromatic carbocycles. The van der Waals surface area contributed by atoms with Crippen molar-refractivity contribution in [1.82, 2.24) is 19.6 Å². The largest absolute Gasteiger partial charge is 0.370 e. The molecule has 1 aliphatic rings. The van der Waals surface area contributed by atoms with Crippen molar-refractivity contribution in [2.24, 2.45) is 4.99 Å². The summed E-state index contributed by atoms with van der Waals surface area (Å²) >= 11 is 0. The van der Waals surface area contributed by atoms with Crippen LogP contribution in [0.2, 0.25) is 0 Å². The lowest BCUT2D eigenvalue weighted by Gasteiger charge is -2.35. The van der Waals surface area contributed by atoms with Gasteiger partial charge in [-0.2, -0.15) is 0 Å². The van der Waals surface area contributed by atoms with Gasteiger partial charge >= 0.3 is 0 Å². The first-order valence-electron chi connectivity index (χ1n) is 10.2. The van der Waals surface area contributed by atoms with Gasteiger partial charge in [-0.1, -0.05) is 30.3 Å². The van der Waals surface area contributed by atoms with Crippen LogP contribution in [0.4, 0.5) is 0 Å². The van der Waals surface area contributed by atoms with Crippen LogP contribution in [0.3, 0.4) is 0 Å². The molecule has 0 amide bonds. The molecule has 30 heavy (non-hydrogen) atoms. The zero-order valence-electron chi connectivity index (χ0n) is 17.8. The number of aryl methyl sites for hydroxylation is 2. The Balaban J connectivity index is 0.00000256. The van der Waals surface area contributed by atoms with Gasteiger partial charge in [-0.05, 0) is 36.6 Å². The van der Waals surface area contributed by atoms with Crippen molar-refractivity contribution in [2.45, 2.75) is 26.4 Å². The average Bonchev–Trinajstić information content (AvgIpc) is 3.16. The number of benzene rings is 1. The van der Waals surface area contributed by atoms with Crippen molar-refractivity contribution < 1.29 is 4.74 Å². The van der Waals surface area contributed by atoms with E-state index in [4.69, 9.17) is 9.72 Å². The number of hydrogen-bond acceptors (Lipinski definition) is 3. The molecule has 1 saturated heterocycles. The van der Waals surface area contributed by atoms with E-state index < -0.39 is 0 Å². The quantitative estimate of drug-likeness (QED) is 0.324. The van der Waals surface area contributed by atoms with Gasteiger partial charge in [0.15, 0.2) is 5.96 Å². The van der Waals surface area contributed by atoms with Crippen molar-refractivity contribution in [3.05, 3.63) is 71.2 Å². The van der Waals surface area contributed by atoms with E-state index in [1.807, 2.05) is 13.2 Å². The lowest BCUT2D eigenvalue weighted by atomic mass is 10.0. The van der Waals surface area contributed by atoms with E-state index in [-0.39, 0.29) is 30.1 Å². The predicted octanol–water partition coefficient (Wildman–Crippen LogP) is 3.76. The maximum atomic E-state index is 6.05. The minimum Gasteiger partial charge on any atom is -0.370 e. The number of ether oxygens (including phenoxy) is 1. The molecule has 6 nitrogen and oxygen atoms in total. The number of imidazole rings is 1. The highest BCUT2D eigenvalue weighted by Crippen LogP contribution is 2.25. The monoisotopic (exact) mass is 519 g/mol. The zero-order valence-corrected chi connectivity index (χ0v) is 20.2. The number of halogens is 1. The Morgan fingerprint density at radius 1 is 1.20 bits per heavy atom. The standard InChI is InChI=1S/C23H29N5O.HI/c1-17-7-4-5-9-20(17)21-16-28(13-14-29-21)23(24-3)25-11-10-19-15-27-12-6-8-18(2)22(27)26-19;/h4-9,12,15,21H,10-11,13-14,16H2,1-3H3,(H,24,25);1H. The van der Waals surface area contributed by atoms with Gasteiger partial charge < -0.3 is 19.4 Å². The van der Waals surface area contributed by atoms with E-state index in [1.165, 1.54) is 16.7 Å². The Hall–Kier alpha value is -2.13. The molecule has 0 spiro atoms. The number of guanidine groups is 1. The van der Waals surface area contributed by atoms with E-state index >= 15 is 0 Å². The summed E-state index contributed by atoms with van der Waals surface area (Å²) in [7, 11) is 1.84. The van der Waals surface area contributed by atoms with Gasteiger partial charge in [0.2, 0.25) is 0 Å². The SMILES string of the molecule is CN=C(NCCc1cn2cccc(C)c2n1)N1CCOC(c2ccccc2C)C1.I. The Kier molecular flexibility index (Phi) is 7.71. The van der Waals surface area contributed by atoms with Gasteiger partial charge in [0.25, 0.3) is 0 Å². The fourth-order valence-corrected chi connectivity index (χ4v) is 3.94. The highest BCUT2D eigenvalue weighted by Gasteiger charge is 2.25. The van der Waals surface area contributed by atoms with Crippen molar-refractivity contribution in [3.8, 4) is 0 Å². The zero-order chi connectivity index (χ0) is 20.2. The number of fused-ring (bicyclic) bond motifs is 1. The third kappa shape index (κ3) is 4.95. The Morgan fingerprint density at radius 3 is 2.77 bits per heavy atom. The molecule has 1 atom stereocenters. The highest BCUT2D eigenvalue weighted by atomic mass is 127. The number of nitrogens with one attached hydrogen (secondary N) is 1. The van der Waals surface area contributed by atoms with Crippen LogP contribution >= 0.6 is 24.0 Å². The van der Waals surface area contributed by atoms with E-state index in [9.17, 15) is 0 Å². The summed E-state index contributed by atoms with van der Waals surface area (Å²) in [6.45, 7) is 7.37. The molecule has 0 aliphatic carbocycles. The summed E-state index contributed by atoms with van der Waals surface area (Å²) < 4.78 is 8.14. The van der Waals surface area contributed by atoms with Crippen LogP contribution in [-0.4, -0.2) is 53.5 Å². The minimum absolute atomic E-state index is 0. The van der Waals surface area contributed by atoms with E-state index in [2.05, 4.69) is 76.1 Å². The van der Waals surface area contributed by atoms with Gasteiger partial charge in [0, 0.05) is 39.0 Å². The third-order valence-electron chi connectivity index (χ3n) is 5.51. The number of rotatable bonds is 4. The van der Waals surface area contributed by atoms with Crippen LogP contribution < -0.4 is 5.32 Å². The normalized spacial score (nSPS) is 17.1. The molecule has 2 aromatic heterocycles. The topological polar surface area (TPSA) is 54.2 Å². The second-order valence-corrected chi connectivity index (χ2v) is 7.54. The molecule has 0 radical (unpaired) electrons. The van der Waals surface area contributed by atoms with Gasteiger partial charge in [0.05, 0.1) is 18.8 Å². The van der Waals surface area contributed by atoms with E-state index in [1.54, 1.807) is 0 Å². The minimum atomic E-state index is 0. The molecule has 160 valence electrons. The second-order valence-electron chi connectivity index (χ2n) is 7.54. The molecule has 7 heteroatoms. The lowest BCUT2D eigenvalue weighted by Crippen LogP contribution is -2.48. The lowest BCUT2D eigenvalue weighted by molar-refractivity contribution is -0.00829. The highest BCUT2D eigenvalue weighted by molar-refractivity contribution is 14.0. The second kappa shape index (κ2) is 10.3. The van der Waals surface area contributed by atoms with Crippen LogP contribution in [0.1, 0.15) is 28.5 Å². The van der Waals surface area contributed by atoms with Crippen LogP contribution in [-0.2, 0) is 11.2 Å². The fraction of sp³-hybridized carbons (Fsp3) is 0.391. The van der Waals surface area contributed by atoms with Crippen LogP contribution in [0.15, 0.2) is 53.8 Å². The molecular formula is C23H30IN5O. The fourth-order valence-electron chi connectivity index (χ4n) is 3.94. The number of hydrogen-bond donors (Lipinski definition) is 1. The first kappa shape index (κ1) is 22.6. The maximum Gasteiger partial charge on any atom is 0.193 e. The summed E-state index contributed by atoms with van der Waals surface area (Å²) in [5.41, 5.74) is 5.83. The Morgan fingerprint density at radius 2 is 2.00 bits per heavy atom. The van der Waals surface area contributed by atoms with Gasteiger partial charge in [-0.25, -0.2) is 4.98 Å². The smallest absolute Gasteiger partial charge is 0.193 e. The summed E-state index contributed by atoms with van der Waals surface area (Å²) in [4.78, 5) is 11.5. The average molecular weight is 519 g/mol. The first-order valence-corrected chi connectivity index (χ1v) is 10.2. The van der Waals surface area contributed by atoms with E-state index in [0.29, 0.717) is 6.61 Å². The molecule has 1 unspecified atom stereocenters. The maximum absolute atomic E-state index is 6.05. The van der Waals surface area contributed by atoms with Gasteiger partial charge in [-0.15, -0.1) is 24.0 Å². The van der Waals surface area contributed by atoms with Crippen molar-refractivity contribution in [2.75, 3.05) is 33.3 Å². The van der Waals surface area contributed by atoms with Crippen molar-refractivity contribution in [1.29, 1.82) is 0 Å². The van der Waals surface area contributed by atoms with Crippen LogP contribution in [0.25, 0.3) is 5.65 Å². The van der Waals surface area contributed by atoms with Crippen LogP contribution in [0, 0.1) is 13.8 Å². The van der Waals surface area contributed by atoms with Crippen molar-refractivity contribution in [3.63, 3.8) is 0 Å². The number of morpholine rings is 1. The summed E-state index contributed by atoms with van der Waals surface area (Å²) in [5, 5.41) is 3.50. The number of nitrogens with zero attached hydrogens (tertiary/aromatic N) is 4. The summed E-state index contributed by atoms with van der Waals surface area (Å²) in [6.07, 6.45) is 5.08. The molecule has 3 heterocycles. The summed E-state index contributed by atoms with van der Waals surface area (Å²) in [5.74, 6) is 0.923. The van der Waals surface area contributed by atoms with Crippen LogP contribution in [0.5, 0.6) is 0 Å². The van der Waals surface area contributed by atoms with Crippen molar-refractivity contribution >= 4 is 35.6 Å². The Labute approximate surface area is 195 Å². The molecule has 0 saturated carbocycles. The van der Waals surface area contributed by atoms with Gasteiger partial charge in [0.1, 0.15) is 11.8 Å².